The second-order valence-electron chi connectivity index (χ2n) is 3.79. The van der Waals surface area contributed by atoms with Crippen LogP contribution in [0.15, 0.2) is 42.5 Å². The molecule has 18 heavy (non-hydrogen) atoms. The maximum absolute atomic E-state index is 13.2. The van der Waals surface area contributed by atoms with Crippen LogP contribution in [0.3, 0.4) is 0 Å². The predicted molar refractivity (Wildman–Crippen MR) is 77.6 cm³/mol. The zero-order chi connectivity index (χ0) is 13.0. The summed E-state index contributed by atoms with van der Waals surface area (Å²) in [6.45, 7) is 0.493. The highest BCUT2D eigenvalue weighted by Gasteiger charge is 2.02. The largest absolute Gasteiger partial charge is 0.380 e. The topological polar surface area (TPSA) is 35.8 Å². The van der Waals surface area contributed by atoms with Gasteiger partial charge in [-0.1, -0.05) is 12.1 Å². The van der Waals surface area contributed by atoms with Crippen LogP contribution in [0, 0.1) is 20.7 Å². The van der Waals surface area contributed by atoms with Crippen molar-refractivity contribution < 1.29 is 4.39 Å². The quantitative estimate of drug-likeness (QED) is 0.851. The molecule has 0 saturated heterocycles. The van der Waals surface area contributed by atoms with Gasteiger partial charge in [0.15, 0.2) is 0 Å². The molecule has 0 aliphatic heterocycles. The molecule has 0 unspecified atom stereocenters. The van der Waals surface area contributed by atoms with E-state index in [-0.39, 0.29) is 5.82 Å². The van der Waals surface area contributed by atoms with E-state index in [4.69, 9.17) is 5.26 Å². The Labute approximate surface area is 119 Å². The summed E-state index contributed by atoms with van der Waals surface area (Å²) in [4.78, 5) is 0. The molecule has 4 heteroatoms. The van der Waals surface area contributed by atoms with E-state index < -0.39 is 0 Å². The van der Waals surface area contributed by atoms with E-state index in [0.717, 1.165) is 14.8 Å². The third-order valence-corrected chi connectivity index (χ3v) is 3.38. The highest BCUT2D eigenvalue weighted by atomic mass is 127. The molecule has 2 aromatic carbocycles. The number of hydrogen-bond acceptors (Lipinski definition) is 2. The van der Waals surface area contributed by atoms with Crippen LogP contribution in [0.4, 0.5) is 10.1 Å². The highest BCUT2D eigenvalue weighted by Crippen LogP contribution is 2.18. The molecule has 0 heterocycles. The fraction of sp³-hybridized carbons (Fsp3) is 0.0714. The third kappa shape index (κ3) is 3.20. The van der Waals surface area contributed by atoms with E-state index in [1.165, 1.54) is 12.1 Å². The Morgan fingerprint density at radius 3 is 2.72 bits per heavy atom. The second kappa shape index (κ2) is 5.83. The molecule has 1 N–H and O–H groups in total. The normalized spacial score (nSPS) is 9.83. The molecule has 0 aliphatic carbocycles. The van der Waals surface area contributed by atoms with E-state index >= 15 is 0 Å². The number of nitriles is 1. The van der Waals surface area contributed by atoms with Gasteiger partial charge in [-0.15, -0.1) is 0 Å². The van der Waals surface area contributed by atoms with Crippen molar-refractivity contribution in [2.24, 2.45) is 0 Å². The van der Waals surface area contributed by atoms with Crippen molar-refractivity contribution in [3.8, 4) is 6.07 Å². The van der Waals surface area contributed by atoms with E-state index in [2.05, 4.69) is 27.9 Å². The predicted octanol–water partition coefficient (Wildman–Crippen LogP) is 3.91. The fourth-order valence-electron chi connectivity index (χ4n) is 1.62. The Balaban J connectivity index is 2.14. The zero-order valence-electron chi connectivity index (χ0n) is 9.45. The highest BCUT2D eigenvalue weighted by molar-refractivity contribution is 14.1. The van der Waals surface area contributed by atoms with Crippen molar-refractivity contribution in [3.63, 3.8) is 0 Å². The SMILES string of the molecule is N#Cc1cc(F)cc(CNc2ccccc2I)c1. The summed E-state index contributed by atoms with van der Waals surface area (Å²) in [6.07, 6.45) is 0. The summed E-state index contributed by atoms with van der Waals surface area (Å²) in [5.41, 5.74) is 2.10. The number of nitrogens with one attached hydrogen (secondary N) is 1. The summed E-state index contributed by atoms with van der Waals surface area (Å²) >= 11 is 2.23. The maximum atomic E-state index is 13.2. The van der Waals surface area contributed by atoms with Crippen molar-refractivity contribution in [1.82, 2.24) is 0 Å². The summed E-state index contributed by atoms with van der Waals surface area (Å²) in [6, 6.07) is 14.2. The molecule has 2 rings (SSSR count). The van der Waals surface area contributed by atoms with Crippen LogP contribution in [0.5, 0.6) is 0 Å². The van der Waals surface area contributed by atoms with Gasteiger partial charge >= 0.3 is 0 Å². The van der Waals surface area contributed by atoms with Crippen molar-refractivity contribution in [1.29, 1.82) is 5.26 Å². The average Bonchev–Trinajstić information content (AvgIpc) is 2.37. The lowest BCUT2D eigenvalue weighted by molar-refractivity contribution is 0.625. The monoisotopic (exact) mass is 352 g/mol. The number of hydrogen-bond donors (Lipinski definition) is 1. The minimum absolute atomic E-state index is 0.342. The number of nitrogens with zero attached hydrogens (tertiary/aromatic N) is 1. The summed E-state index contributed by atoms with van der Waals surface area (Å²) in [7, 11) is 0. The molecule has 90 valence electrons. The van der Waals surface area contributed by atoms with Crippen LogP contribution in [0.25, 0.3) is 0 Å². The Kier molecular flexibility index (Phi) is 4.15. The smallest absolute Gasteiger partial charge is 0.124 e. The van der Waals surface area contributed by atoms with Crippen LogP contribution in [-0.2, 0) is 6.54 Å². The Hall–Kier alpha value is -1.61. The van der Waals surface area contributed by atoms with Crippen LogP contribution in [0.2, 0.25) is 0 Å². The molecule has 0 amide bonds. The van der Waals surface area contributed by atoms with Gasteiger partial charge in [-0.05, 0) is 58.5 Å². The Morgan fingerprint density at radius 1 is 1.22 bits per heavy atom. The minimum Gasteiger partial charge on any atom is -0.380 e. The van der Waals surface area contributed by atoms with Gasteiger partial charge in [0.05, 0.1) is 11.6 Å². The van der Waals surface area contributed by atoms with Gasteiger partial charge in [0.25, 0.3) is 0 Å². The number of anilines is 1. The molecular formula is C14H10FIN2. The average molecular weight is 352 g/mol. The van der Waals surface area contributed by atoms with Crippen LogP contribution in [0.1, 0.15) is 11.1 Å². The van der Waals surface area contributed by atoms with Crippen LogP contribution in [-0.4, -0.2) is 0 Å². The molecule has 2 aromatic rings. The minimum atomic E-state index is -0.381. The van der Waals surface area contributed by atoms with E-state index in [0.29, 0.717) is 12.1 Å². The number of rotatable bonds is 3. The number of benzene rings is 2. The number of para-hydroxylation sites is 1. The van der Waals surface area contributed by atoms with Crippen molar-refractivity contribution in [2.75, 3.05) is 5.32 Å². The van der Waals surface area contributed by atoms with Crippen molar-refractivity contribution >= 4 is 28.3 Å². The molecule has 0 bridgehead atoms. The fourth-order valence-corrected chi connectivity index (χ4v) is 2.20. The molecule has 0 aliphatic rings. The van der Waals surface area contributed by atoms with Crippen molar-refractivity contribution in [3.05, 3.63) is 63.0 Å². The van der Waals surface area contributed by atoms with Crippen molar-refractivity contribution in [2.45, 2.75) is 6.54 Å². The van der Waals surface area contributed by atoms with E-state index in [9.17, 15) is 4.39 Å². The van der Waals surface area contributed by atoms with Gasteiger partial charge in [-0.2, -0.15) is 5.26 Å². The first-order valence-corrected chi connectivity index (χ1v) is 6.45. The molecule has 0 saturated carbocycles. The number of halogens is 2. The Morgan fingerprint density at radius 2 is 2.00 bits per heavy atom. The summed E-state index contributed by atoms with van der Waals surface area (Å²) in [5, 5.41) is 12.0. The van der Waals surface area contributed by atoms with E-state index in [1.807, 2.05) is 30.3 Å². The van der Waals surface area contributed by atoms with E-state index in [1.54, 1.807) is 6.07 Å². The summed E-state index contributed by atoms with van der Waals surface area (Å²) in [5.74, 6) is -0.381. The Bertz CT molecular complexity index is 605. The van der Waals surface area contributed by atoms with Gasteiger partial charge in [-0.25, -0.2) is 4.39 Å². The molecule has 0 spiro atoms. The lowest BCUT2D eigenvalue weighted by Gasteiger charge is -2.08. The van der Waals surface area contributed by atoms with Gasteiger partial charge in [0.2, 0.25) is 0 Å². The molecule has 0 aromatic heterocycles. The van der Waals surface area contributed by atoms with Gasteiger partial charge in [0.1, 0.15) is 5.82 Å². The van der Waals surface area contributed by atoms with Gasteiger partial charge < -0.3 is 5.32 Å². The maximum Gasteiger partial charge on any atom is 0.124 e. The molecule has 0 fully saturated rings. The molecule has 0 atom stereocenters. The first-order valence-electron chi connectivity index (χ1n) is 5.37. The first kappa shape index (κ1) is 12.8. The van der Waals surface area contributed by atoms with Gasteiger partial charge in [-0.3, -0.25) is 0 Å². The molecule has 0 radical (unpaired) electrons. The third-order valence-electron chi connectivity index (χ3n) is 2.44. The molecular weight excluding hydrogens is 342 g/mol. The zero-order valence-corrected chi connectivity index (χ0v) is 11.6. The van der Waals surface area contributed by atoms with Gasteiger partial charge in [0, 0.05) is 15.8 Å². The standard InChI is InChI=1S/C14H10FIN2/c15-12-6-10(8-17)5-11(7-12)9-18-14-4-2-1-3-13(14)16/h1-7,18H,9H2. The summed E-state index contributed by atoms with van der Waals surface area (Å²) < 4.78 is 14.3. The first-order chi connectivity index (χ1) is 8.69. The van der Waals surface area contributed by atoms with Crippen LogP contribution >= 0.6 is 22.6 Å². The molecule has 2 nitrogen and oxygen atoms in total. The lowest BCUT2D eigenvalue weighted by atomic mass is 10.1. The van der Waals surface area contributed by atoms with Crippen LogP contribution < -0.4 is 5.32 Å². The lowest BCUT2D eigenvalue weighted by Crippen LogP contribution is -2.01. The second-order valence-corrected chi connectivity index (χ2v) is 4.96.